The van der Waals surface area contributed by atoms with Crippen LogP contribution in [-0.4, -0.2) is 31.8 Å². The number of rotatable bonds is 4. The zero-order chi connectivity index (χ0) is 11.3. The molecule has 1 aliphatic rings. The second kappa shape index (κ2) is 5.44. The van der Waals surface area contributed by atoms with Gasteiger partial charge in [-0.15, -0.1) is 0 Å². The molecule has 88 valence electrons. The van der Waals surface area contributed by atoms with E-state index in [0.29, 0.717) is 6.61 Å². The van der Waals surface area contributed by atoms with Crippen molar-refractivity contribution in [2.24, 2.45) is 11.3 Å². The quantitative estimate of drug-likeness (QED) is 0.400. The van der Waals surface area contributed by atoms with E-state index in [2.05, 4.69) is 5.43 Å². The monoisotopic (exact) mass is 216 g/mol. The largest absolute Gasteiger partial charge is 0.381 e. The van der Waals surface area contributed by atoms with E-state index in [1.165, 1.54) is 0 Å². The Morgan fingerprint density at radius 3 is 2.67 bits per heavy atom. The standard InChI is InChI=1S/C10H20N2O3/c1-10(2,9(13)12-11)7-15-8-3-5-14-6-4-8/h8H,3-7,11H2,1-2H3,(H,12,13). The van der Waals surface area contributed by atoms with E-state index < -0.39 is 5.41 Å². The number of amides is 1. The molecule has 5 nitrogen and oxygen atoms in total. The second-order valence-corrected chi connectivity index (χ2v) is 4.48. The zero-order valence-corrected chi connectivity index (χ0v) is 9.41. The van der Waals surface area contributed by atoms with Gasteiger partial charge in [0.05, 0.1) is 18.1 Å². The summed E-state index contributed by atoms with van der Waals surface area (Å²) in [6.45, 7) is 5.51. The van der Waals surface area contributed by atoms with Gasteiger partial charge in [0.25, 0.3) is 0 Å². The van der Waals surface area contributed by atoms with Crippen molar-refractivity contribution >= 4 is 5.91 Å². The molecule has 1 fully saturated rings. The molecule has 0 radical (unpaired) electrons. The van der Waals surface area contributed by atoms with Crippen LogP contribution in [0, 0.1) is 5.41 Å². The highest BCUT2D eigenvalue weighted by Gasteiger charge is 2.28. The molecule has 0 aromatic heterocycles. The first-order valence-corrected chi connectivity index (χ1v) is 5.26. The van der Waals surface area contributed by atoms with Crippen molar-refractivity contribution in [3.8, 4) is 0 Å². The molecule has 0 spiro atoms. The molecule has 1 heterocycles. The van der Waals surface area contributed by atoms with Crippen LogP contribution in [0.2, 0.25) is 0 Å². The van der Waals surface area contributed by atoms with Gasteiger partial charge in [-0.25, -0.2) is 5.84 Å². The average molecular weight is 216 g/mol. The molecular formula is C10H20N2O3. The van der Waals surface area contributed by atoms with Gasteiger partial charge in [-0.1, -0.05) is 0 Å². The molecule has 5 heteroatoms. The molecule has 0 aromatic carbocycles. The normalized spacial score (nSPS) is 18.9. The fourth-order valence-electron chi connectivity index (χ4n) is 1.43. The van der Waals surface area contributed by atoms with E-state index in [0.717, 1.165) is 26.1 Å². The third kappa shape index (κ3) is 3.77. The Labute approximate surface area is 90.3 Å². The van der Waals surface area contributed by atoms with Gasteiger partial charge in [0.15, 0.2) is 0 Å². The van der Waals surface area contributed by atoms with Crippen LogP contribution >= 0.6 is 0 Å². The molecule has 0 aromatic rings. The summed E-state index contributed by atoms with van der Waals surface area (Å²) in [6, 6.07) is 0. The molecule has 0 atom stereocenters. The maximum Gasteiger partial charge on any atom is 0.241 e. The average Bonchev–Trinajstić information content (AvgIpc) is 2.27. The van der Waals surface area contributed by atoms with E-state index in [4.69, 9.17) is 15.3 Å². The van der Waals surface area contributed by atoms with Crippen molar-refractivity contribution in [3.63, 3.8) is 0 Å². The van der Waals surface area contributed by atoms with Crippen molar-refractivity contribution < 1.29 is 14.3 Å². The van der Waals surface area contributed by atoms with Crippen molar-refractivity contribution in [1.29, 1.82) is 0 Å². The maximum atomic E-state index is 11.4. The molecule has 0 bridgehead atoms. The molecule has 1 rings (SSSR count). The van der Waals surface area contributed by atoms with Crippen LogP contribution in [0.15, 0.2) is 0 Å². The Hall–Kier alpha value is -0.650. The minimum absolute atomic E-state index is 0.199. The molecule has 1 amide bonds. The second-order valence-electron chi connectivity index (χ2n) is 4.48. The van der Waals surface area contributed by atoms with Crippen LogP contribution in [0.4, 0.5) is 0 Å². The Kier molecular flexibility index (Phi) is 4.50. The predicted octanol–water partition coefficient (Wildman–Crippen LogP) is 0.198. The van der Waals surface area contributed by atoms with E-state index >= 15 is 0 Å². The summed E-state index contributed by atoms with van der Waals surface area (Å²) in [5.74, 6) is 4.89. The summed E-state index contributed by atoms with van der Waals surface area (Å²) in [4.78, 5) is 11.4. The first-order chi connectivity index (χ1) is 7.06. The van der Waals surface area contributed by atoms with Crippen molar-refractivity contribution in [1.82, 2.24) is 5.43 Å². The highest BCUT2D eigenvalue weighted by atomic mass is 16.5. The minimum atomic E-state index is -0.576. The third-order valence-corrected chi connectivity index (χ3v) is 2.59. The Morgan fingerprint density at radius 2 is 2.13 bits per heavy atom. The van der Waals surface area contributed by atoms with Gasteiger partial charge < -0.3 is 9.47 Å². The fraction of sp³-hybridized carbons (Fsp3) is 0.900. The van der Waals surface area contributed by atoms with Crippen LogP contribution in [0.25, 0.3) is 0 Å². The number of hydrogen-bond donors (Lipinski definition) is 2. The lowest BCUT2D eigenvalue weighted by molar-refractivity contribution is -0.135. The van der Waals surface area contributed by atoms with Gasteiger partial charge in [0, 0.05) is 13.2 Å². The minimum Gasteiger partial charge on any atom is -0.381 e. The number of carbonyl (C=O) groups is 1. The zero-order valence-electron chi connectivity index (χ0n) is 9.41. The van der Waals surface area contributed by atoms with Crippen molar-refractivity contribution in [2.75, 3.05) is 19.8 Å². The van der Waals surface area contributed by atoms with Crippen LogP contribution in [0.3, 0.4) is 0 Å². The third-order valence-electron chi connectivity index (χ3n) is 2.59. The smallest absolute Gasteiger partial charge is 0.241 e. The summed E-state index contributed by atoms with van der Waals surface area (Å²) in [7, 11) is 0. The summed E-state index contributed by atoms with van der Waals surface area (Å²) in [6.07, 6.45) is 2.02. The van der Waals surface area contributed by atoms with Gasteiger partial charge >= 0.3 is 0 Å². The molecule has 1 saturated heterocycles. The summed E-state index contributed by atoms with van der Waals surface area (Å²) in [5, 5.41) is 0. The van der Waals surface area contributed by atoms with Gasteiger partial charge in [-0.05, 0) is 26.7 Å². The SMILES string of the molecule is CC(C)(COC1CCOCC1)C(=O)NN. The summed E-state index contributed by atoms with van der Waals surface area (Å²) >= 11 is 0. The van der Waals surface area contributed by atoms with Gasteiger partial charge in [0.1, 0.15) is 0 Å². The highest BCUT2D eigenvalue weighted by molar-refractivity contribution is 5.81. The molecule has 0 aliphatic carbocycles. The summed E-state index contributed by atoms with van der Waals surface area (Å²) < 4.78 is 10.9. The predicted molar refractivity (Wildman–Crippen MR) is 55.9 cm³/mol. The molecule has 0 saturated carbocycles. The van der Waals surface area contributed by atoms with Crippen molar-refractivity contribution in [3.05, 3.63) is 0 Å². The van der Waals surface area contributed by atoms with Crippen LogP contribution in [0.1, 0.15) is 26.7 Å². The molecular weight excluding hydrogens is 196 g/mol. The Morgan fingerprint density at radius 1 is 1.53 bits per heavy atom. The molecule has 3 N–H and O–H groups in total. The Bertz CT molecular complexity index is 213. The lowest BCUT2D eigenvalue weighted by atomic mass is 9.94. The van der Waals surface area contributed by atoms with E-state index in [-0.39, 0.29) is 12.0 Å². The number of ether oxygens (including phenoxy) is 2. The molecule has 0 unspecified atom stereocenters. The van der Waals surface area contributed by atoms with E-state index in [9.17, 15) is 4.79 Å². The van der Waals surface area contributed by atoms with Crippen LogP contribution in [0.5, 0.6) is 0 Å². The topological polar surface area (TPSA) is 73.6 Å². The summed E-state index contributed by atoms with van der Waals surface area (Å²) in [5.41, 5.74) is 1.57. The van der Waals surface area contributed by atoms with E-state index in [1.54, 1.807) is 0 Å². The number of hydrogen-bond acceptors (Lipinski definition) is 4. The number of carbonyl (C=O) groups excluding carboxylic acids is 1. The van der Waals surface area contributed by atoms with E-state index in [1.807, 2.05) is 13.8 Å². The van der Waals surface area contributed by atoms with Crippen LogP contribution < -0.4 is 11.3 Å². The number of nitrogens with one attached hydrogen (secondary N) is 1. The number of hydrazine groups is 1. The lowest BCUT2D eigenvalue weighted by Gasteiger charge is -2.28. The number of nitrogens with two attached hydrogens (primary N) is 1. The van der Waals surface area contributed by atoms with Crippen LogP contribution in [-0.2, 0) is 14.3 Å². The van der Waals surface area contributed by atoms with Gasteiger partial charge in [-0.3, -0.25) is 10.2 Å². The first-order valence-electron chi connectivity index (χ1n) is 5.26. The van der Waals surface area contributed by atoms with Gasteiger partial charge in [0.2, 0.25) is 5.91 Å². The molecule has 15 heavy (non-hydrogen) atoms. The maximum absolute atomic E-state index is 11.4. The van der Waals surface area contributed by atoms with Gasteiger partial charge in [-0.2, -0.15) is 0 Å². The lowest BCUT2D eigenvalue weighted by Crippen LogP contribution is -2.44. The molecule has 1 aliphatic heterocycles. The van der Waals surface area contributed by atoms with Crippen molar-refractivity contribution in [2.45, 2.75) is 32.8 Å². The first kappa shape index (κ1) is 12.4. The Balaban J connectivity index is 2.31. The fourth-order valence-corrected chi connectivity index (χ4v) is 1.43. The highest BCUT2D eigenvalue weighted by Crippen LogP contribution is 2.19.